The second-order valence-corrected chi connectivity index (χ2v) is 5.83. The quantitative estimate of drug-likeness (QED) is 0.906. The average Bonchev–Trinajstić information content (AvgIpc) is 2.86. The zero-order chi connectivity index (χ0) is 12.3. The molecule has 2 heterocycles. The third-order valence-electron chi connectivity index (χ3n) is 2.37. The van der Waals surface area contributed by atoms with E-state index in [-0.39, 0.29) is 11.9 Å². The van der Waals surface area contributed by atoms with Crippen LogP contribution < -0.4 is 5.32 Å². The van der Waals surface area contributed by atoms with Crippen LogP contribution in [0, 0.1) is 0 Å². The zero-order valence-electron chi connectivity index (χ0n) is 9.84. The molecule has 1 amide bonds. The molecule has 0 saturated carbocycles. The van der Waals surface area contributed by atoms with Crippen LogP contribution in [0.3, 0.4) is 0 Å². The maximum absolute atomic E-state index is 11.6. The minimum Gasteiger partial charge on any atom is -0.347 e. The van der Waals surface area contributed by atoms with E-state index in [0.29, 0.717) is 5.75 Å². The molecular weight excluding hydrogens is 254 g/mol. The number of nitrogens with zero attached hydrogens (tertiary/aromatic N) is 2. The molecular formula is C11H15N3OS2. The number of hydrogen-bond acceptors (Lipinski definition) is 4. The fourth-order valence-electron chi connectivity index (χ4n) is 1.51. The molecule has 6 heteroatoms. The maximum Gasteiger partial charge on any atom is 0.230 e. The highest BCUT2D eigenvalue weighted by molar-refractivity contribution is 7.99. The molecule has 0 bridgehead atoms. The van der Waals surface area contributed by atoms with Crippen molar-refractivity contribution in [1.29, 1.82) is 0 Å². The zero-order valence-corrected chi connectivity index (χ0v) is 11.5. The minimum atomic E-state index is -0.0351. The van der Waals surface area contributed by atoms with Gasteiger partial charge in [-0.3, -0.25) is 9.20 Å². The molecule has 0 saturated heterocycles. The lowest BCUT2D eigenvalue weighted by Gasteiger charge is -2.10. The average molecular weight is 269 g/mol. The van der Waals surface area contributed by atoms with E-state index in [1.54, 1.807) is 23.1 Å². The van der Waals surface area contributed by atoms with Gasteiger partial charge >= 0.3 is 0 Å². The number of nitrogens with one attached hydrogen (secondary N) is 1. The van der Waals surface area contributed by atoms with Crippen molar-refractivity contribution in [1.82, 2.24) is 14.7 Å². The topological polar surface area (TPSA) is 46.4 Å². The highest BCUT2D eigenvalue weighted by atomic mass is 32.2. The van der Waals surface area contributed by atoms with Crippen LogP contribution in [-0.4, -0.2) is 26.8 Å². The Morgan fingerprint density at radius 2 is 2.53 bits per heavy atom. The summed E-state index contributed by atoms with van der Waals surface area (Å²) in [4.78, 5) is 17.0. The van der Waals surface area contributed by atoms with Gasteiger partial charge in [-0.05, 0) is 12.7 Å². The first-order valence-electron chi connectivity index (χ1n) is 5.50. The highest BCUT2D eigenvalue weighted by Gasteiger charge is 2.13. The highest BCUT2D eigenvalue weighted by Crippen LogP contribution is 2.16. The van der Waals surface area contributed by atoms with Crippen molar-refractivity contribution < 1.29 is 4.79 Å². The van der Waals surface area contributed by atoms with Crippen molar-refractivity contribution in [2.75, 3.05) is 11.5 Å². The van der Waals surface area contributed by atoms with E-state index >= 15 is 0 Å². The summed E-state index contributed by atoms with van der Waals surface area (Å²) in [6, 6.07) is -0.0351. The Morgan fingerprint density at radius 3 is 3.24 bits per heavy atom. The number of imidazole rings is 1. The molecule has 1 atom stereocenters. The lowest BCUT2D eigenvalue weighted by molar-refractivity contribution is -0.119. The summed E-state index contributed by atoms with van der Waals surface area (Å²) in [6.45, 7) is 4.01. The van der Waals surface area contributed by atoms with E-state index in [1.807, 2.05) is 36.0 Å². The molecule has 17 heavy (non-hydrogen) atoms. The lowest BCUT2D eigenvalue weighted by Crippen LogP contribution is -2.28. The third-order valence-corrected chi connectivity index (χ3v) is 4.02. The Kier molecular flexibility index (Phi) is 4.06. The van der Waals surface area contributed by atoms with Gasteiger partial charge < -0.3 is 5.32 Å². The molecule has 0 fully saturated rings. The number of aromatic nitrogens is 2. The van der Waals surface area contributed by atoms with Crippen LogP contribution in [0.25, 0.3) is 4.96 Å². The first kappa shape index (κ1) is 12.4. The first-order valence-corrected chi connectivity index (χ1v) is 7.53. The fraction of sp³-hybridized carbons (Fsp3) is 0.455. The van der Waals surface area contributed by atoms with Gasteiger partial charge in [-0.15, -0.1) is 11.3 Å². The Morgan fingerprint density at radius 1 is 1.71 bits per heavy atom. The molecule has 4 nitrogen and oxygen atoms in total. The summed E-state index contributed by atoms with van der Waals surface area (Å²) < 4.78 is 1.98. The minimum absolute atomic E-state index is 0.0351. The molecule has 2 aromatic rings. The maximum atomic E-state index is 11.6. The van der Waals surface area contributed by atoms with E-state index < -0.39 is 0 Å². The number of carbonyl (C=O) groups is 1. The van der Waals surface area contributed by atoms with Gasteiger partial charge in [0.05, 0.1) is 17.5 Å². The second-order valence-electron chi connectivity index (χ2n) is 3.68. The summed E-state index contributed by atoms with van der Waals surface area (Å²) in [5, 5.41) is 4.94. The van der Waals surface area contributed by atoms with Gasteiger partial charge in [0.1, 0.15) is 0 Å². The van der Waals surface area contributed by atoms with E-state index in [4.69, 9.17) is 0 Å². The number of rotatable bonds is 5. The van der Waals surface area contributed by atoms with Gasteiger partial charge in [0.15, 0.2) is 4.96 Å². The van der Waals surface area contributed by atoms with Crippen LogP contribution in [0.2, 0.25) is 0 Å². The van der Waals surface area contributed by atoms with Crippen LogP contribution in [0.15, 0.2) is 17.8 Å². The monoisotopic (exact) mass is 269 g/mol. The number of fused-ring (bicyclic) bond motifs is 1. The first-order chi connectivity index (χ1) is 8.20. The standard InChI is InChI=1S/C11H15N3OS2/c1-3-16-7-10(15)12-8(2)9-6-14-4-5-17-11(14)13-9/h4-6,8H,3,7H2,1-2H3,(H,12,15)/t8-/m0/s1. The molecule has 0 aliphatic heterocycles. The smallest absolute Gasteiger partial charge is 0.230 e. The van der Waals surface area contributed by atoms with E-state index in [9.17, 15) is 4.79 Å². The van der Waals surface area contributed by atoms with Gasteiger partial charge in [-0.2, -0.15) is 11.8 Å². The number of amides is 1. The number of carbonyl (C=O) groups excluding carboxylic acids is 1. The molecule has 92 valence electrons. The summed E-state index contributed by atoms with van der Waals surface area (Å²) in [6.07, 6.45) is 3.93. The predicted octanol–water partition coefficient (Wildman–Crippen LogP) is 2.33. The second kappa shape index (κ2) is 5.55. The van der Waals surface area contributed by atoms with Crippen LogP contribution in [0.4, 0.5) is 0 Å². The predicted molar refractivity (Wildman–Crippen MR) is 72.6 cm³/mol. The normalized spacial score (nSPS) is 12.8. The van der Waals surface area contributed by atoms with Crippen LogP contribution >= 0.6 is 23.1 Å². The van der Waals surface area contributed by atoms with Gasteiger partial charge in [0.2, 0.25) is 5.91 Å². The largest absolute Gasteiger partial charge is 0.347 e. The molecule has 1 N–H and O–H groups in total. The van der Waals surface area contributed by atoms with Crippen molar-refractivity contribution in [3.05, 3.63) is 23.5 Å². The van der Waals surface area contributed by atoms with E-state index in [1.165, 1.54) is 0 Å². The van der Waals surface area contributed by atoms with Crippen molar-refractivity contribution in [3.8, 4) is 0 Å². The molecule has 0 aliphatic rings. The van der Waals surface area contributed by atoms with E-state index in [0.717, 1.165) is 16.4 Å². The Labute approximate surface area is 108 Å². The molecule has 2 rings (SSSR count). The van der Waals surface area contributed by atoms with Crippen molar-refractivity contribution in [3.63, 3.8) is 0 Å². The molecule has 0 aromatic carbocycles. The van der Waals surface area contributed by atoms with Crippen molar-refractivity contribution in [2.24, 2.45) is 0 Å². The number of thioether (sulfide) groups is 1. The van der Waals surface area contributed by atoms with Crippen molar-refractivity contribution in [2.45, 2.75) is 19.9 Å². The van der Waals surface area contributed by atoms with E-state index in [2.05, 4.69) is 10.3 Å². The molecule has 0 unspecified atom stereocenters. The Bertz CT molecular complexity index is 477. The van der Waals surface area contributed by atoms with Gasteiger partial charge in [-0.1, -0.05) is 6.92 Å². The number of thiazole rings is 1. The van der Waals surface area contributed by atoms with Gasteiger partial charge in [0.25, 0.3) is 0 Å². The summed E-state index contributed by atoms with van der Waals surface area (Å²) in [5.74, 6) is 1.55. The molecule has 0 aliphatic carbocycles. The summed E-state index contributed by atoms with van der Waals surface area (Å²) in [7, 11) is 0. The Hall–Kier alpha value is -1.01. The Balaban J connectivity index is 1.97. The third kappa shape index (κ3) is 3.01. The molecule has 0 spiro atoms. The van der Waals surface area contributed by atoms with Crippen LogP contribution in [-0.2, 0) is 4.79 Å². The van der Waals surface area contributed by atoms with Gasteiger partial charge in [-0.25, -0.2) is 4.98 Å². The molecule has 0 radical (unpaired) electrons. The van der Waals surface area contributed by atoms with Crippen LogP contribution in [0.5, 0.6) is 0 Å². The fourth-order valence-corrected chi connectivity index (χ4v) is 2.69. The lowest BCUT2D eigenvalue weighted by atomic mass is 10.2. The SMILES string of the molecule is CCSCC(=O)N[C@@H](C)c1cn2ccsc2n1. The summed E-state index contributed by atoms with van der Waals surface area (Å²) in [5.41, 5.74) is 0.909. The molecule has 2 aromatic heterocycles. The van der Waals surface area contributed by atoms with Crippen molar-refractivity contribution >= 4 is 34.0 Å². The van der Waals surface area contributed by atoms with Gasteiger partial charge in [0, 0.05) is 17.8 Å². The van der Waals surface area contributed by atoms with Crippen LogP contribution in [0.1, 0.15) is 25.6 Å². The number of hydrogen-bond donors (Lipinski definition) is 1. The summed E-state index contributed by atoms with van der Waals surface area (Å²) >= 11 is 3.22.